The number of aromatic nitrogens is 4. The number of ether oxygens (including phenoxy) is 3. The van der Waals surface area contributed by atoms with E-state index in [4.69, 9.17) is 14.2 Å². The Balaban J connectivity index is 1.41. The first-order valence-electron chi connectivity index (χ1n) is 11.3. The average molecular weight is 527 g/mol. The molecule has 0 fully saturated rings. The Hall–Kier alpha value is -4.23. The van der Waals surface area contributed by atoms with E-state index in [9.17, 15) is 13.2 Å². The van der Waals surface area contributed by atoms with Crippen molar-refractivity contribution in [2.45, 2.75) is 18.2 Å². The van der Waals surface area contributed by atoms with Crippen molar-refractivity contribution in [2.24, 2.45) is 0 Å². The smallest absolute Gasteiger partial charge is 0.240 e. The van der Waals surface area contributed by atoms with Gasteiger partial charge in [-0.1, -0.05) is 6.92 Å². The summed E-state index contributed by atoms with van der Waals surface area (Å²) >= 11 is 0. The summed E-state index contributed by atoms with van der Waals surface area (Å²) in [5.74, 6) is 1.72. The van der Waals surface area contributed by atoms with Gasteiger partial charge in [-0.15, -0.1) is 15.3 Å². The number of carbonyl (C=O) groups excluding carboxylic acids is 1. The number of hydrogen-bond donors (Lipinski definition) is 2. The predicted octanol–water partition coefficient (Wildman–Crippen LogP) is 2.51. The van der Waals surface area contributed by atoms with Crippen molar-refractivity contribution < 1.29 is 27.4 Å². The highest BCUT2D eigenvalue weighted by Gasteiger charge is 2.17. The quantitative estimate of drug-likeness (QED) is 0.281. The third-order valence-corrected chi connectivity index (χ3v) is 6.78. The van der Waals surface area contributed by atoms with E-state index in [0.717, 1.165) is 0 Å². The predicted molar refractivity (Wildman–Crippen MR) is 135 cm³/mol. The second-order valence-corrected chi connectivity index (χ2v) is 9.47. The Kier molecular flexibility index (Phi) is 7.84. The van der Waals surface area contributed by atoms with E-state index in [2.05, 4.69) is 25.3 Å². The van der Waals surface area contributed by atoms with Crippen molar-refractivity contribution in [1.29, 1.82) is 0 Å². The minimum atomic E-state index is -3.76. The Bertz CT molecular complexity index is 1500. The van der Waals surface area contributed by atoms with Crippen LogP contribution in [0.1, 0.15) is 13.3 Å². The first kappa shape index (κ1) is 25.9. The topological polar surface area (TPSA) is 146 Å². The van der Waals surface area contributed by atoms with Crippen LogP contribution in [0, 0.1) is 0 Å². The zero-order chi connectivity index (χ0) is 26.4. The van der Waals surface area contributed by atoms with Gasteiger partial charge in [0.1, 0.15) is 18.1 Å². The molecule has 0 unspecified atom stereocenters. The first-order valence-corrected chi connectivity index (χ1v) is 12.8. The van der Waals surface area contributed by atoms with E-state index in [0.29, 0.717) is 40.6 Å². The number of nitrogens with zero attached hydrogens (tertiary/aromatic N) is 4. The number of sulfonamides is 1. The lowest BCUT2D eigenvalue weighted by molar-refractivity contribution is -0.115. The third-order valence-electron chi connectivity index (χ3n) is 5.30. The summed E-state index contributed by atoms with van der Waals surface area (Å²) in [4.78, 5) is 11.5. The molecule has 0 atom stereocenters. The normalized spacial score (nSPS) is 11.3. The maximum absolute atomic E-state index is 12.6. The van der Waals surface area contributed by atoms with Crippen LogP contribution in [0.2, 0.25) is 0 Å². The molecule has 0 saturated carbocycles. The number of benzene rings is 2. The molecule has 0 aliphatic carbocycles. The van der Waals surface area contributed by atoms with Crippen molar-refractivity contribution >= 4 is 27.3 Å². The SMILES string of the molecule is CCC(=O)Nc1ccc(S(=O)(=O)NCCOc2ccc3nnc(-c4ccc(OC)cc4OC)n3n2)cc1. The molecule has 37 heavy (non-hydrogen) atoms. The Morgan fingerprint density at radius 1 is 1.00 bits per heavy atom. The Labute approximate surface area is 213 Å². The summed E-state index contributed by atoms with van der Waals surface area (Å²) in [5, 5.41) is 15.5. The number of methoxy groups -OCH3 is 2. The maximum Gasteiger partial charge on any atom is 0.240 e. The molecule has 0 aliphatic heterocycles. The number of anilines is 1. The van der Waals surface area contributed by atoms with Gasteiger partial charge in [-0.05, 0) is 42.5 Å². The molecule has 0 radical (unpaired) electrons. The summed E-state index contributed by atoms with van der Waals surface area (Å²) in [7, 11) is -0.649. The van der Waals surface area contributed by atoms with Crippen molar-refractivity contribution in [1.82, 2.24) is 24.5 Å². The van der Waals surface area contributed by atoms with E-state index in [1.54, 1.807) is 51.5 Å². The van der Waals surface area contributed by atoms with Crippen molar-refractivity contribution in [2.75, 3.05) is 32.7 Å². The zero-order valence-electron chi connectivity index (χ0n) is 20.5. The molecule has 0 saturated heterocycles. The highest BCUT2D eigenvalue weighted by molar-refractivity contribution is 7.89. The van der Waals surface area contributed by atoms with E-state index in [1.165, 1.54) is 28.8 Å². The van der Waals surface area contributed by atoms with Crippen LogP contribution < -0.4 is 24.2 Å². The van der Waals surface area contributed by atoms with Crippen LogP contribution in [0.3, 0.4) is 0 Å². The molecule has 2 aromatic heterocycles. The second-order valence-electron chi connectivity index (χ2n) is 7.70. The fraction of sp³-hybridized carbons (Fsp3) is 0.250. The van der Waals surface area contributed by atoms with Gasteiger partial charge in [-0.25, -0.2) is 13.1 Å². The number of fused-ring (bicyclic) bond motifs is 1. The van der Waals surface area contributed by atoms with Crippen LogP contribution in [0.15, 0.2) is 59.5 Å². The number of nitrogens with one attached hydrogen (secondary N) is 2. The molecule has 0 bridgehead atoms. The molecule has 4 rings (SSSR count). The molecule has 12 nitrogen and oxygen atoms in total. The number of amides is 1. The molecular weight excluding hydrogens is 500 g/mol. The van der Waals surface area contributed by atoms with Gasteiger partial charge in [-0.3, -0.25) is 4.79 Å². The van der Waals surface area contributed by atoms with Gasteiger partial charge in [0, 0.05) is 30.8 Å². The zero-order valence-corrected chi connectivity index (χ0v) is 21.3. The van der Waals surface area contributed by atoms with E-state index in [1.807, 2.05) is 0 Å². The standard InChI is InChI=1S/C24H26N6O6S/c1-4-22(31)26-16-5-8-18(9-6-16)37(32,33)25-13-14-36-23-12-11-21-27-28-24(30(21)29-23)19-10-7-17(34-2)15-20(19)35-3/h5-12,15,25H,4,13-14H2,1-3H3,(H,26,31). The number of hydrogen-bond acceptors (Lipinski definition) is 9. The van der Waals surface area contributed by atoms with E-state index in [-0.39, 0.29) is 29.8 Å². The van der Waals surface area contributed by atoms with Crippen molar-refractivity contribution in [3.05, 3.63) is 54.6 Å². The minimum absolute atomic E-state index is 0.0116. The third kappa shape index (κ3) is 5.95. The van der Waals surface area contributed by atoms with Crippen LogP contribution >= 0.6 is 0 Å². The molecule has 2 aromatic carbocycles. The van der Waals surface area contributed by atoms with Gasteiger partial charge in [-0.2, -0.15) is 4.52 Å². The molecule has 0 aliphatic rings. The average Bonchev–Trinajstić information content (AvgIpc) is 3.34. The highest BCUT2D eigenvalue weighted by atomic mass is 32.2. The largest absolute Gasteiger partial charge is 0.497 e. The summed E-state index contributed by atoms with van der Waals surface area (Å²) in [5.41, 5.74) is 1.68. The second kappa shape index (κ2) is 11.2. The lowest BCUT2D eigenvalue weighted by Gasteiger charge is -2.10. The van der Waals surface area contributed by atoms with E-state index >= 15 is 0 Å². The summed E-state index contributed by atoms with van der Waals surface area (Å²) in [6, 6.07) is 14.5. The minimum Gasteiger partial charge on any atom is -0.497 e. The highest BCUT2D eigenvalue weighted by Crippen LogP contribution is 2.32. The van der Waals surface area contributed by atoms with Crippen LogP contribution in [0.5, 0.6) is 17.4 Å². The maximum atomic E-state index is 12.6. The van der Waals surface area contributed by atoms with Gasteiger partial charge in [0.25, 0.3) is 0 Å². The first-order chi connectivity index (χ1) is 17.8. The fourth-order valence-corrected chi connectivity index (χ4v) is 4.40. The summed E-state index contributed by atoms with van der Waals surface area (Å²) in [6.45, 7) is 1.78. The Morgan fingerprint density at radius 2 is 1.78 bits per heavy atom. The summed E-state index contributed by atoms with van der Waals surface area (Å²) < 4.78 is 45.5. The van der Waals surface area contributed by atoms with Gasteiger partial charge in [0.05, 0.1) is 24.7 Å². The molecule has 0 spiro atoms. The Morgan fingerprint density at radius 3 is 2.49 bits per heavy atom. The number of carbonyl (C=O) groups is 1. The van der Waals surface area contributed by atoms with E-state index < -0.39 is 10.0 Å². The van der Waals surface area contributed by atoms with Gasteiger partial charge in [0.15, 0.2) is 11.5 Å². The summed E-state index contributed by atoms with van der Waals surface area (Å²) in [6.07, 6.45) is 0.331. The number of rotatable bonds is 11. The molecule has 2 heterocycles. The monoisotopic (exact) mass is 526 g/mol. The van der Waals surface area contributed by atoms with Gasteiger partial charge < -0.3 is 19.5 Å². The van der Waals surface area contributed by atoms with Crippen molar-refractivity contribution in [3.63, 3.8) is 0 Å². The molecule has 1 amide bonds. The van der Waals surface area contributed by atoms with Gasteiger partial charge >= 0.3 is 0 Å². The van der Waals surface area contributed by atoms with Crippen LogP contribution in [0.4, 0.5) is 5.69 Å². The van der Waals surface area contributed by atoms with Gasteiger partial charge in [0.2, 0.25) is 21.8 Å². The molecule has 2 N–H and O–H groups in total. The molecule has 194 valence electrons. The molecular formula is C24H26N6O6S. The van der Waals surface area contributed by atoms with Crippen LogP contribution in [-0.2, 0) is 14.8 Å². The van der Waals surface area contributed by atoms with Crippen LogP contribution in [-0.4, -0.2) is 61.5 Å². The lowest BCUT2D eigenvalue weighted by Crippen LogP contribution is -2.28. The fourth-order valence-electron chi connectivity index (χ4n) is 3.38. The molecule has 4 aromatic rings. The van der Waals surface area contributed by atoms with Crippen molar-refractivity contribution in [3.8, 4) is 28.8 Å². The molecule has 13 heteroatoms. The lowest BCUT2D eigenvalue weighted by atomic mass is 10.2. The van der Waals surface area contributed by atoms with Crippen LogP contribution in [0.25, 0.3) is 17.0 Å².